The molecule has 112 valence electrons. The molecule has 0 N–H and O–H groups in total. The molecule has 4 heteroatoms. The summed E-state index contributed by atoms with van der Waals surface area (Å²) in [5, 5.41) is 0. The summed E-state index contributed by atoms with van der Waals surface area (Å²) in [4.78, 5) is 7.41. The first kappa shape index (κ1) is 15.4. The predicted octanol–water partition coefficient (Wildman–Crippen LogP) is 2.94. The van der Waals surface area contributed by atoms with E-state index in [1.54, 1.807) is 12.1 Å². The molecule has 1 aromatic carbocycles. The average Bonchev–Trinajstić information content (AvgIpc) is 2.42. The van der Waals surface area contributed by atoms with E-state index in [-0.39, 0.29) is 5.82 Å². The molecule has 0 unspecified atom stereocenters. The Bertz CT molecular complexity index is 379. The Morgan fingerprint density at radius 3 is 1.85 bits per heavy atom. The number of hydrogen-bond acceptors (Lipinski definition) is 3. The summed E-state index contributed by atoms with van der Waals surface area (Å²) in [5.74, 6) is -0.160. The SMILES string of the molecule is CCCN1CN(CCC)CN(Cc2ccc(F)cc2)C1. The molecular weight excluding hydrogens is 253 g/mol. The zero-order valence-corrected chi connectivity index (χ0v) is 12.7. The van der Waals surface area contributed by atoms with Gasteiger partial charge in [-0.25, -0.2) is 4.39 Å². The first-order valence-corrected chi connectivity index (χ1v) is 7.62. The predicted molar refractivity (Wildman–Crippen MR) is 80.5 cm³/mol. The molecule has 1 aliphatic heterocycles. The normalized spacial score (nSPS) is 18.6. The lowest BCUT2D eigenvalue weighted by Gasteiger charge is -2.42. The van der Waals surface area contributed by atoms with Gasteiger partial charge in [-0.05, 0) is 30.5 Å². The van der Waals surface area contributed by atoms with E-state index >= 15 is 0 Å². The Balaban J connectivity index is 1.95. The van der Waals surface area contributed by atoms with Crippen molar-refractivity contribution in [2.75, 3.05) is 33.1 Å². The third-order valence-corrected chi connectivity index (χ3v) is 3.60. The van der Waals surface area contributed by atoms with Crippen LogP contribution in [0.5, 0.6) is 0 Å². The van der Waals surface area contributed by atoms with Crippen molar-refractivity contribution in [1.82, 2.24) is 14.7 Å². The highest BCUT2D eigenvalue weighted by atomic mass is 19.1. The van der Waals surface area contributed by atoms with E-state index in [1.807, 2.05) is 12.1 Å². The monoisotopic (exact) mass is 279 g/mol. The molecule has 3 nitrogen and oxygen atoms in total. The molecule has 0 bridgehead atoms. The molecule has 0 radical (unpaired) electrons. The topological polar surface area (TPSA) is 9.72 Å². The number of halogens is 1. The van der Waals surface area contributed by atoms with Crippen molar-refractivity contribution in [3.63, 3.8) is 0 Å². The van der Waals surface area contributed by atoms with E-state index < -0.39 is 0 Å². The van der Waals surface area contributed by atoms with Crippen LogP contribution in [0.1, 0.15) is 32.3 Å². The minimum Gasteiger partial charge on any atom is -0.277 e. The minimum atomic E-state index is -0.160. The molecule has 1 saturated heterocycles. The zero-order valence-electron chi connectivity index (χ0n) is 12.7. The van der Waals surface area contributed by atoms with Gasteiger partial charge in [0.15, 0.2) is 0 Å². The highest BCUT2D eigenvalue weighted by Gasteiger charge is 2.22. The van der Waals surface area contributed by atoms with Crippen molar-refractivity contribution in [3.8, 4) is 0 Å². The molecule has 0 spiro atoms. The van der Waals surface area contributed by atoms with Crippen molar-refractivity contribution in [1.29, 1.82) is 0 Å². The average molecular weight is 279 g/mol. The van der Waals surface area contributed by atoms with Crippen molar-refractivity contribution in [3.05, 3.63) is 35.6 Å². The minimum absolute atomic E-state index is 0.160. The zero-order chi connectivity index (χ0) is 14.4. The largest absolute Gasteiger partial charge is 0.277 e. The molecule has 0 amide bonds. The maximum atomic E-state index is 13.0. The van der Waals surface area contributed by atoms with Crippen molar-refractivity contribution in [2.45, 2.75) is 33.2 Å². The van der Waals surface area contributed by atoms with Gasteiger partial charge in [0.05, 0.1) is 20.0 Å². The van der Waals surface area contributed by atoms with Crippen LogP contribution in [0.3, 0.4) is 0 Å². The van der Waals surface area contributed by atoms with E-state index in [2.05, 4.69) is 28.5 Å². The number of rotatable bonds is 6. The van der Waals surface area contributed by atoms with Gasteiger partial charge in [0.25, 0.3) is 0 Å². The van der Waals surface area contributed by atoms with Crippen LogP contribution in [0.4, 0.5) is 4.39 Å². The summed E-state index contributed by atoms with van der Waals surface area (Å²) in [5.41, 5.74) is 1.18. The van der Waals surface area contributed by atoms with E-state index in [4.69, 9.17) is 0 Å². The van der Waals surface area contributed by atoms with Gasteiger partial charge in [-0.3, -0.25) is 14.7 Å². The molecule has 1 aliphatic rings. The maximum Gasteiger partial charge on any atom is 0.123 e. The lowest BCUT2D eigenvalue weighted by Crippen LogP contribution is -2.54. The van der Waals surface area contributed by atoms with Crippen molar-refractivity contribution >= 4 is 0 Å². The van der Waals surface area contributed by atoms with Crippen LogP contribution < -0.4 is 0 Å². The van der Waals surface area contributed by atoms with Crippen LogP contribution in [0.2, 0.25) is 0 Å². The second kappa shape index (κ2) is 7.72. The second-order valence-corrected chi connectivity index (χ2v) is 5.67. The van der Waals surface area contributed by atoms with Crippen LogP contribution >= 0.6 is 0 Å². The summed E-state index contributed by atoms with van der Waals surface area (Å²) in [6.45, 7) is 10.7. The third kappa shape index (κ3) is 4.54. The summed E-state index contributed by atoms with van der Waals surface area (Å²) in [6.07, 6.45) is 2.37. The fraction of sp³-hybridized carbons (Fsp3) is 0.625. The molecule has 1 aromatic rings. The fourth-order valence-corrected chi connectivity index (χ4v) is 2.85. The summed E-state index contributed by atoms with van der Waals surface area (Å²) < 4.78 is 13.0. The number of benzene rings is 1. The van der Waals surface area contributed by atoms with E-state index in [1.165, 1.54) is 18.4 Å². The van der Waals surface area contributed by atoms with Gasteiger partial charge in [-0.2, -0.15) is 0 Å². The molecule has 0 saturated carbocycles. The quantitative estimate of drug-likeness (QED) is 0.793. The van der Waals surface area contributed by atoms with Crippen LogP contribution in [0.25, 0.3) is 0 Å². The van der Waals surface area contributed by atoms with Crippen molar-refractivity contribution in [2.24, 2.45) is 0 Å². The molecule has 0 aromatic heterocycles. The molecule has 0 aliphatic carbocycles. The molecule has 1 heterocycles. The molecule has 1 fully saturated rings. The Labute approximate surface area is 122 Å². The number of hydrogen-bond donors (Lipinski definition) is 0. The lowest BCUT2D eigenvalue weighted by atomic mass is 10.2. The highest BCUT2D eigenvalue weighted by Crippen LogP contribution is 2.13. The fourth-order valence-electron chi connectivity index (χ4n) is 2.85. The first-order valence-electron chi connectivity index (χ1n) is 7.62. The van der Waals surface area contributed by atoms with Gasteiger partial charge in [-0.1, -0.05) is 26.0 Å². The Hall–Kier alpha value is -0.970. The van der Waals surface area contributed by atoms with Crippen LogP contribution in [-0.4, -0.2) is 47.8 Å². The van der Waals surface area contributed by atoms with Crippen LogP contribution in [-0.2, 0) is 6.54 Å². The van der Waals surface area contributed by atoms with Gasteiger partial charge in [0, 0.05) is 19.6 Å². The van der Waals surface area contributed by atoms with E-state index in [0.717, 1.165) is 39.6 Å². The molecule has 2 rings (SSSR count). The molecule has 0 atom stereocenters. The Morgan fingerprint density at radius 1 is 0.850 bits per heavy atom. The van der Waals surface area contributed by atoms with Crippen molar-refractivity contribution < 1.29 is 4.39 Å². The summed E-state index contributed by atoms with van der Waals surface area (Å²) in [7, 11) is 0. The standard InChI is InChI=1S/C16H26FN3/c1-3-9-18-12-19(10-4-2)14-20(13-18)11-15-5-7-16(17)8-6-15/h5-8H,3-4,9-14H2,1-2H3. The Morgan fingerprint density at radius 2 is 1.35 bits per heavy atom. The third-order valence-electron chi connectivity index (χ3n) is 3.60. The van der Waals surface area contributed by atoms with E-state index in [0.29, 0.717) is 0 Å². The maximum absolute atomic E-state index is 13.0. The van der Waals surface area contributed by atoms with E-state index in [9.17, 15) is 4.39 Å². The Kier molecular flexibility index (Phi) is 5.95. The summed E-state index contributed by atoms with van der Waals surface area (Å²) in [6, 6.07) is 6.87. The van der Waals surface area contributed by atoms with Crippen LogP contribution in [0.15, 0.2) is 24.3 Å². The number of nitrogens with zero attached hydrogens (tertiary/aromatic N) is 3. The van der Waals surface area contributed by atoms with Gasteiger partial charge in [0.1, 0.15) is 5.82 Å². The van der Waals surface area contributed by atoms with Gasteiger partial charge in [-0.15, -0.1) is 0 Å². The highest BCUT2D eigenvalue weighted by molar-refractivity contribution is 5.15. The van der Waals surface area contributed by atoms with Crippen LogP contribution in [0, 0.1) is 5.82 Å². The lowest BCUT2D eigenvalue weighted by molar-refractivity contribution is -0.0334. The van der Waals surface area contributed by atoms with Gasteiger partial charge in [0.2, 0.25) is 0 Å². The molecule has 20 heavy (non-hydrogen) atoms. The first-order chi connectivity index (χ1) is 9.71. The second-order valence-electron chi connectivity index (χ2n) is 5.67. The summed E-state index contributed by atoms with van der Waals surface area (Å²) >= 11 is 0. The van der Waals surface area contributed by atoms with Gasteiger partial charge >= 0.3 is 0 Å². The molecular formula is C16H26FN3. The van der Waals surface area contributed by atoms with Gasteiger partial charge < -0.3 is 0 Å². The smallest absolute Gasteiger partial charge is 0.123 e.